The molecule has 0 atom stereocenters. The molecule has 0 bridgehead atoms. The fourth-order valence-electron chi connectivity index (χ4n) is 1.32. The fraction of sp³-hybridized carbons (Fsp3) is 0.714. The maximum Gasteiger partial charge on any atom is 0.156 e. The van der Waals surface area contributed by atoms with E-state index in [4.69, 9.17) is 9.47 Å². The minimum atomic E-state index is 0.471. The van der Waals surface area contributed by atoms with Crippen molar-refractivity contribution in [3.8, 4) is 24.1 Å². The van der Waals surface area contributed by atoms with Gasteiger partial charge in [0.1, 0.15) is 12.2 Å². The molecule has 0 fully saturated rings. The fourth-order valence-corrected chi connectivity index (χ4v) is 1.32. The van der Waals surface area contributed by atoms with Crippen LogP contribution in [0.2, 0.25) is 0 Å². The Labute approximate surface area is 105 Å². The van der Waals surface area contributed by atoms with E-state index in [2.05, 4.69) is 35.9 Å². The van der Waals surface area contributed by atoms with E-state index in [0.717, 1.165) is 13.0 Å². The number of nitrogens with zero attached hydrogens (tertiary/aromatic N) is 1. The summed E-state index contributed by atoms with van der Waals surface area (Å²) in [5, 5.41) is 0. The Morgan fingerprint density at radius 2 is 1.47 bits per heavy atom. The first kappa shape index (κ1) is 15.7. The molecule has 0 saturated carbocycles. The lowest BCUT2D eigenvalue weighted by molar-refractivity contribution is 0.0267. The smallest absolute Gasteiger partial charge is 0.156 e. The summed E-state index contributed by atoms with van der Waals surface area (Å²) in [6, 6.07) is 0. The van der Waals surface area contributed by atoms with Crippen LogP contribution in [0.3, 0.4) is 0 Å². The Morgan fingerprint density at radius 1 is 0.882 bits per heavy atom. The molecule has 17 heavy (non-hydrogen) atoms. The van der Waals surface area contributed by atoms with Crippen molar-refractivity contribution in [2.75, 3.05) is 20.0 Å². The number of hydrogen-bond donors (Lipinski definition) is 0. The molecule has 0 heterocycles. The highest BCUT2D eigenvalue weighted by atomic mass is 16.5. The lowest BCUT2D eigenvalue weighted by atomic mass is 10.2. The number of rotatable bonds is 9. The van der Waals surface area contributed by atoms with Crippen molar-refractivity contribution in [3.63, 3.8) is 0 Å². The largest absolute Gasteiger partial charge is 0.430 e. The highest BCUT2D eigenvalue weighted by Gasteiger charge is 2.04. The molecule has 0 saturated heterocycles. The lowest BCUT2D eigenvalue weighted by Gasteiger charge is -2.18. The van der Waals surface area contributed by atoms with Crippen molar-refractivity contribution in [1.82, 2.24) is 4.90 Å². The summed E-state index contributed by atoms with van der Waals surface area (Å²) in [7, 11) is 0. The van der Waals surface area contributed by atoms with Crippen LogP contribution in [0.15, 0.2) is 0 Å². The standard InChI is InChI=1S/C14H23NO2/c1-4-7-8-9-10-15(13-16-11-5-2)14-17-12-6-3/h4,7-10,13-14H2,1-3H3. The predicted molar refractivity (Wildman–Crippen MR) is 69.7 cm³/mol. The van der Waals surface area contributed by atoms with Gasteiger partial charge in [-0.1, -0.05) is 38.0 Å². The average molecular weight is 237 g/mol. The Bertz CT molecular complexity index is 256. The molecule has 96 valence electrons. The first-order valence-corrected chi connectivity index (χ1v) is 6.14. The molecule has 0 aromatic rings. The van der Waals surface area contributed by atoms with Crippen molar-refractivity contribution in [2.24, 2.45) is 0 Å². The Morgan fingerprint density at radius 3 is 1.94 bits per heavy atom. The van der Waals surface area contributed by atoms with Gasteiger partial charge in [0, 0.05) is 20.4 Å². The Kier molecular flexibility index (Phi) is 11.8. The zero-order valence-corrected chi connectivity index (χ0v) is 11.2. The molecular formula is C14H23NO2. The van der Waals surface area contributed by atoms with Gasteiger partial charge in [-0.05, 0) is 6.42 Å². The van der Waals surface area contributed by atoms with Crippen LogP contribution in [-0.2, 0) is 9.47 Å². The monoisotopic (exact) mass is 237 g/mol. The molecule has 0 amide bonds. The van der Waals surface area contributed by atoms with Crippen molar-refractivity contribution in [3.05, 3.63) is 0 Å². The van der Waals surface area contributed by atoms with Crippen LogP contribution in [0.1, 0.15) is 46.5 Å². The van der Waals surface area contributed by atoms with Crippen LogP contribution in [0, 0.1) is 24.1 Å². The molecule has 0 aliphatic heterocycles. The molecule has 0 aliphatic carbocycles. The van der Waals surface area contributed by atoms with E-state index in [9.17, 15) is 0 Å². The van der Waals surface area contributed by atoms with E-state index >= 15 is 0 Å². The topological polar surface area (TPSA) is 21.7 Å². The zero-order chi connectivity index (χ0) is 12.8. The highest BCUT2D eigenvalue weighted by Crippen LogP contribution is 2.01. The van der Waals surface area contributed by atoms with Crippen molar-refractivity contribution >= 4 is 0 Å². The van der Waals surface area contributed by atoms with Gasteiger partial charge in [0.25, 0.3) is 0 Å². The van der Waals surface area contributed by atoms with E-state index < -0.39 is 0 Å². The number of ether oxygens (including phenoxy) is 2. The van der Waals surface area contributed by atoms with Gasteiger partial charge >= 0.3 is 0 Å². The van der Waals surface area contributed by atoms with Gasteiger partial charge in [-0.25, -0.2) is 4.90 Å². The van der Waals surface area contributed by atoms with Gasteiger partial charge in [-0.3, -0.25) is 0 Å². The Hall–Kier alpha value is -1.32. The first-order valence-electron chi connectivity index (χ1n) is 6.14. The summed E-state index contributed by atoms with van der Waals surface area (Å²) in [5.74, 6) is 5.40. The second kappa shape index (κ2) is 12.7. The van der Waals surface area contributed by atoms with Gasteiger partial charge in [0.15, 0.2) is 13.5 Å². The normalized spacial score (nSPS) is 8.94. The number of unbranched alkanes of at least 4 members (excludes halogenated alkanes) is 3. The van der Waals surface area contributed by atoms with Gasteiger partial charge in [-0.15, -0.1) is 0 Å². The summed E-state index contributed by atoms with van der Waals surface area (Å²) >= 11 is 0. The summed E-state index contributed by atoms with van der Waals surface area (Å²) in [6.07, 6.45) is 10.1. The van der Waals surface area contributed by atoms with Crippen LogP contribution < -0.4 is 0 Å². The van der Waals surface area contributed by atoms with Gasteiger partial charge < -0.3 is 9.47 Å². The molecule has 3 nitrogen and oxygen atoms in total. The molecule has 3 heteroatoms. The van der Waals surface area contributed by atoms with Gasteiger partial charge in [0.05, 0.1) is 0 Å². The van der Waals surface area contributed by atoms with Crippen LogP contribution in [0.4, 0.5) is 0 Å². The van der Waals surface area contributed by atoms with Crippen LogP contribution in [0.25, 0.3) is 0 Å². The number of hydrogen-bond acceptors (Lipinski definition) is 3. The van der Waals surface area contributed by atoms with Crippen LogP contribution in [0.5, 0.6) is 0 Å². The third kappa shape index (κ3) is 11.0. The minimum absolute atomic E-state index is 0.471. The SMILES string of the molecule is CC#COCN(CCCCCC)COC#CC. The molecule has 0 rings (SSSR count). The molecular weight excluding hydrogens is 214 g/mol. The second-order valence-electron chi connectivity index (χ2n) is 3.71. The third-order valence-electron chi connectivity index (χ3n) is 2.17. The Balaban J connectivity index is 3.80. The quantitative estimate of drug-likeness (QED) is 0.350. The maximum absolute atomic E-state index is 5.17. The molecule has 0 spiro atoms. The van der Waals surface area contributed by atoms with E-state index in [1.165, 1.54) is 19.3 Å². The van der Waals surface area contributed by atoms with Gasteiger partial charge in [-0.2, -0.15) is 0 Å². The van der Waals surface area contributed by atoms with Crippen LogP contribution in [-0.4, -0.2) is 24.9 Å². The molecule has 0 aromatic carbocycles. The summed E-state index contributed by atoms with van der Waals surface area (Å²) in [5.41, 5.74) is 0. The predicted octanol–water partition coefficient (Wildman–Crippen LogP) is 2.78. The molecule has 0 aromatic heterocycles. The van der Waals surface area contributed by atoms with E-state index in [1.54, 1.807) is 13.8 Å². The van der Waals surface area contributed by atoms with Crippen LogP contribution >= 0.6 is 0 Å². The third-order valence-corrected chi connectivity index (χ3v) is 2.17. The van der Waals surface area contributed by atoms with E-state index in [0.29, 0.717) is 13.5 Å². The maximum atomic E-state index is 5.17. The minimum Gasteiger partial charge on any atom is -0.430 e. The lowest BCUT2D eigenvalue weighted by Crippen LogP contribution is -2.28. The summed E-state index contributed by atoms with van der Waals surface area (Å²) < 4.78 is 10.3. The molecule has 0 radical (unpaired) electrons. The molecule has 0 aliphatic rings. The van der Waals surface area contributed by atoms with E-state index in [1.807, 2.05) is 0 Å². The van der Waals surface area contributed by atoms with Gasteiger partial charge in [0.2, 0.25) is 0 Å². The molecule has 0 N–H and O–H groups in total. The molecule has 0 unspecified atom stereocenters. The first-order chi connectivity index (χ1) is 8.35. The summed E-state index contributed by atoms with van der Waals surface area (Å²) in [6.45, 7) is 7.61. The van der Waals surface area contributed by atoms with E-state index in [-0.39, 0.29) is 0 Å². The van der Waals surface area contributed by atoms with Crippen molar-refractivity contribution < 1.29 is 9.47 Å². The summed E-state index contributed by atoms with van der Waals surface area (Å²) in [4.78, 5) is 2.06. The average Bonchev–Trinajstić information content (AvgIpc) is 2.34. The second-order valence-corrected chi connectivity index (χ2v) is 3.71. The zero-order valence-electron chi connectivity index (χ0n) is 11.2. The van der Waals surface area contributed by atoms with Crippen molar-refractivity contribution in [2.45, 2.75) is 46.5 Å². The van der Waals surface area contributed by atoms with Crippen molar-refractivity contribution in [1.29, 1.82) is 0 Å². The highest BCUT2D eigenvalue weighted by molar-refractivity contribution is 4.86.